The summed E-state index contributed by atoms with van der Waals surface area (Å²) in [4.78, 5) is 13.0. The first-order valence-corrected chi connectivity index (χ1v) is 14.3. The highest BCUT2D eigenvalue weighted by atomic mass is 19.1. The summed E-state index contributed by atoms with van der Waals surface area (Å²) < 4.78 is 26.2. The molecule has 0 unspecified atom stereocenters. The molecule has 0 saturated heterocycles. The first-order chi connectivity index (χ1) is 19.5. The minimum absolute atomic E-state index is 0.122. The van der Waals surface area contributed by atoms with Gasteiger partial charge in [0.25, 0.3) is 5.91 Å². The first-order valence-electron chi connectivity index (χ1n) is 14.3. The zero-order chi connectivity index (χ0) is 28.1. The van der Waals surface area contributed by atoms with Crippen LogP contribution in [0.25, 0.3) is 22.0 Å². The molecule has 0 aliphatic heterocycles. The van der Waals surface area contributed by atoms with Crippen LogP contribution >= 0.6 is 0 Å². The van der Waals surface area contributed by atoms with Gasteiger partial charge in [-0.3, -0.25) is 9.89 Å². The Kier molecular flexibility index (Phi) is 8.68. The van der Waals surface area contributed by atoms with E-state index in [1.807, 2.05) is 37.3 Å². The van der Waals surface area contributed by atoms with Crippen LogP contribution in [-0.2, 0) is 12.8 Å². The Balaban J connectivity index is 1.31. The van der Waals surface area contributed by atoms with Crippen molar-refractivity contribution in [3.63, 3.8) is 0 Å². The first kappa shape index (κ1) is 27.7. The van der Waals surface area contributed by atoms with Gasteiger partial charge in [-0.1, -0.05) is 63.6 Å². The van der Waals surface area contributed by atoms with Crippen molar-refractivity contribution in [2.24, 2.45) is 5.92 Å². The molecule has 4 aromatic rings. The van der Waals surface area contributed by atoms with E-state index in [0.717, 1.165) is 23.3 Å². The van der Waals surface area contributed by atoms with Gasteiger partial charge in [-0.25, -0.2) is 4.39 Å². The maximum absolute atomic E-state index is 15.4. The maximum atomic E-state index is 15.4. The van der Waals surface area contributed by atoms with Crippen LogP contribution in [0, 0.1) is 11.7 Å². The van der Waals surface area contributed by atoms with Gasteiger partial charge < -0.3 is 14.8 Å². The molecule has 6 nitrogen and oxygen atoms in total. The smallest absolute Gasteiger partial charge is 0.256 e. The number of rotatable bonds is 9. The van der Waals surface area contributed by atoms with Crippen LogP contribution in [0.3, 0.4) is 0 Å². The number of aromatic nitrogens is 2. The van der Waals surface area contributed by atoms with Crippen molar-refractivity contribution in [1.29, 1.82) is 0 Å². The van der Waals surface area contributed by atoms with Crippen LogP contribution in [-0.4, -0.2) is 30.3 Å². The van der Waals surface area contributed by atoms with Gasteiger partial charge in [0.05, 0.1) is 19.7 Å². The number of carbonyl (C=O) groups excluding carboxylic acids is 1. The predicted molar refractivity (Wildman–Crippen MR) is 158 cm³/mol. The molecule has 2 N–H and O–H groups in total. The van der Waals surface area contributed by atoms with Crippen LogP contribution in [0.1, 0.15) is 73.4 Å². The van der Waals surface area contributed by atoms with Gasteiger partial charge in [0.15, 0.2) is 17.4 Å². The number of hydrogen-bond acceptors (Lipinski definition) is 4. The number of methoxy groups -OCH3 is 2. The third-order valence-electron chi connectivity index (χ3n) is 8.21. The number of anilines is 1. The fraction of sp³-hybridized carbons (Fsp3) is 0.394. The summed E-state index contributed by atoms with van der Waals surface area (Å²) in [5, 5.41) is 11.0. The average molecular weight is 544 g/mol. The Hall–Kier alpha value is -3.87. The van der Waals surface area contributed by atoms with Crippen LogP contribution in [0.4, 0.5) is 10.2 Å². The number of H-pyrrole nitrogens is 1. The van der Waals surface area contributed by atoms with E-state index >= 15 is 4.39 Å². The van der Waals surface area contributed by atoms with Crippen molar-refractivity contribution in [2.75, 3.05) is 19.5 Å². The highest BCUT2D eigenvalue weighted by Gasteiger charge is 2.21. The Labute approximate surface area is 235 Å². The molecule has 7 heteroatoms. The van der Waals surface area contributed by atoms with Gasteiger partial charge in [0.2, 0.25) is 0 Å². The standard InChI is InChI=1S/C33H38FN3O3/c1-4-25-28(39-2)20-29(40-3)31(34)30(25)24-17-18-26-27(19-24)36-37-32(26)35-33(38)23-15-13-22(14-16-23)12-11-21-9-7-5-6-8-10-21/h13-21H,4-12H2,1-3H3,(H2,35,36,37,38). The molecule has 0 spiro atoms. The normalized spacial score (nSPS) is 14.2. The maximum Gasteiger partial charge on any atom is 0.256 e. The fourth-order valence-electron chi connectivity index (χ4n) is 5.93. The molecular weight excluding hydrogens is 505 g/mol. The number of halogens is 1. The number of aromatic amines is 1. The summed E-state index contributed by atoms with van der Waals surface area (Å²) in [5.41, 5.74) is 4.39. The summed E-state index contributed by atoms with van der Waals surface area (Å²) in [6.07, 6.45) is 11.0. The third-order valence-corrected chi connectivity index (χ3v) is 8.21. The summed E-state index contributed by atoms with van der Waals surface area (Å²) in [6.45, 7) is 1.96. The molecule has 1 aliphatic carbocycles. The largest absolute Gasteiger partial charge is 0.496 e. The second kappa shape index (κ2) is 12.5. The number of aryl methyl sites for hydroxylation is 1. The molecule has 1 aliphatic rings. The lowest BCUT2D eigenvalue weighted by Crippen LogP contribution is -2.12. The summed E-state index contributed by atoms with van der Waals surface area (Å²) in [7, 11) is 3.00. The number of nitrogens with one attached hydrogen (secondary N) is 2. The summed E-state index contributed by atoms with van der Waals surface area (Å²) in [6, 6.07) is 15.0. The SMILES string of the molecule is CCc1c(OC)cc(OC)c(F)c1-c1ccc2c(NC(=O)c3ccc(CCC4CCCCCC4)cc3)n[nH]c2c1. The number of hydrogen-bond donors (Lipinski definition) is 2. The molecule has 5 rings (SSSR count). The van der Waals surface area contributed by atoms with Crippen molar-refractivity contribution in [1.82, 2.24) is 10.2 Å². The second-order valence-electron chi connectivity index (χ2n) is 10.7. The van der Waals surface area contributed by atoms with Crippen LogP contribution in [0.5, 0.6) is 11.5 Å². The van der Waals surface area contributed by atoms with Crippen molar-refractivity contribution < 1.29 is 18.7 Å². The molecule has 1 aromatic heterocycles. The van der Waals surface area contributed by atoms with Crippen molar-refractivity contribution in [3.05, 3.63) is 71.0 Å². The van der Waals surface area contributed by atoms with Crippen molar-refractivity contribution >= 4 is 22.6 Å². The molecule has 0 radical (unpaired) electrons. The molecule has 1 heterocycles. The number of fused-ring (bicyclic) bond motifs is 1. The number of carbonyl (C=O) groups is 1. The Bertz CT molecular complexity index is 1470. The quantitative estimate of drug-likeness (QED) is 0.209. The minimum Gasteiger partial charge on any atom is -0.496 e. The van der Waals surface area contributed by atoms with Gasteiger partial charge in [-0.2, -0.15) is 5.10 Å². The van der Waals surface area contributed by atoms with E-state index in [1.54, 1.807) is 13.2 Å². The van der Waals surface area contributed by atoms with E-state index in [0.29, 0.717) is 40.2 Å². The van der Waals surface area contributed by atoms with Crippen molar-refractivity contribution in [2.45, 2.75) is 64.7 Å². The lowest BCUT2D eigenvalue weighted by atomic mass is 9.93. The molecule has 0 bridgehead atoms. The van der Waals surface area contributed by atoms with Gasteiger partial charge in [0, 0.05) is 28.1 Å². The molecule has 210 valence electrons. The Morgan fingerprint density at radius 1 is 1.00 bits per heavy atom. The van der Waals surface area contributed by atoms with Crippen LogP contribution in [0.15, 0.2) is 48.5 Å². The highest BCUT2D eigenvalue weighted by molar-refractivity contribution is 6.08. The fourth-order valence-corrected chi connectivity index (χ4v) is 5.93. The van der Waals surface area contributed by atoms with E-state index in [4.69, 9.17) is 9.47 Å². The van der Waals surface area contributed by atoms with E-state index in [1.165, 1.54) is 57.6 Å². The van der Waals surface area contributed by atoms with Gasteiger partial charge in [0.1, 0.15) is 5.75 Å². The lowest BCUT2D eigenvalue weighted by Gasteiger charge is -2.16. The third kappa shape index (κ3) is 5.83. The number of amides is 1. The molecule has 40 heavy (non-hydrogen) atoms. The monoisotopic (exact) mass is 543 g/mol. The van der Waals surface area contributed by atoms with Crippen LogP contribution < -0.4 is 14.8 Å². The predicted octanol–water partition coefficient (Wildman–Crippen LogP) is 8.10. The van der Waals surface area contributed by atoms with E-state index in [-0.39, 0.29) is 11.7 Å². The molecule has 1 fully saturated rings. The molecule has 1 saturated carbocycles. The van der Waals surface area contributed by atoms with Crippen molar-refractivity contribution in [3.8, 4) is 22.6 Å². The molecular formula is C33H38FN3O3. The number of ether oxygens (including phenoxy) is 2. The second-order valence-corrected chi connectivity index (χ2v) is 10.7. The highest BCUT2D eigenvalue weighted by Crippen LogP contribution is 2.40. The molecule has 0 atom stereocenters. The average Bonchev–Trinajstić information content (AvgIpc) is 3.19. The molecule has 1 amide bonds. The zero-order valence-corrected chi connectivity index (χ0v) is 23.6. The lowest BCUT2D eigenvalue weighted by molar-refractivity contribution is 0.102. The molecule has 3 aromatic carbocycles. The Morgan fingerprint density at radius 3 is 2.40 bits per heavy atom. The van der Waals surface area contributed by atoms with Gasteiger partial charge in [-0.05, 0) is 60.6 Å². The van der Waals surface area contributed by atoms with E-state index < -0.39 is 5.82 Å². The van der Waals surface area contributed by atoms with E-state index in [2.05, 4.69) is 27.6 Å². The zero-order valence-electron chi connectivity index (χ0n) is 23.6. The minimum atomic E-state index is -0.440. The summed E-state index contributed by atoms with van der Waals surface area (Å²) >= 11 is 0. The summed E-state index contributed by atoms with van der Waals surface area (Å²) in [5.74, 6) is 1.30. The van der Waals surface area contributed by atoms with Crippen LogP contribution in [0.2, 0.25) is 0 Å². The van der Waals surface area contributed by atoms with Gasteiger partial charge >= 0.3 is 0 Å². The number of benzene rings is 3. The topological polar surface area (TPSA) is 76.2 Å². The van der Waals surface area contributed by atoms with E-state index in [9.17, 15) is 4.79 Å². The Morgan fingerprint density at radius 2 is 1.73 bits per heavy atom. The van der Waals surface area contributed by atoms with Gasteiger partial charge in [-0.15, -0.1) is 0 Å². The number of nitrogens with zero attached hydrogens (tertiary/aromatic N) is 1.